The van der Waals surface area contributed by atoms with E-state index in [9.17, 15) is 0 Å². The van der Waals surface area contributed by atoms with Crippen LogP contribution in [0.3, 0.4) is 0 Å². The standard InChI is InChI=1S/C14H22ClNS/c1-2-9-16-10-5-6-11-17-12-13-7-3-4-8-14(13)15/h3-4,7-8,16H,2,5-6,9-12H2,1H3. The van der Waals surface area contributed by atoms with E-state index in [0.717, 1.165) is 23.9 Å². The number of halogens is 1. The number of unbranched alkanes of at least 4 members (excludes halogenated alkanes) is 1. The summed E-state index contributed by atoms with van der Waals surface area (Å²) in [5.74, 6) is 2.25. The van der Waals surface area contributed by atoms with Crippen LogP contribution in [0.1, 0.15) is 31.7 Å². The summed E-state index contributed by atoms with van der Waals surface area (Å²) in [4.78, 5) is 0. The van der Waals surface area contributed by atoms with Crippen molar-refractivity contribution in [1.82, 2.24) is 5.32 Å². The predicted octanol–water partition coefficient (Wildman–Crippen LogP) is 4.35. The molecule has 0 radical (unpaired) electrons. The van der Waals surface area contributed by atoms with Gasteiger partial charge in [0.1, 0.15) is 0 Å². The Labute approximate surface area is 114 Å². The first kappa shape index (κ1) is 14.9. The van der Waals surface area contributed by atoms with E-state index in [1.807, 2.05) is 23.9 Å². The Morgan fingerprint density at radius 3 is 2.76 bits per heavy atom. The zero-order valence-electron chi connectivity index (χ0n) is 10.5. The summed E-state index contributed by atoms with van der Waals surface area (Å²) in [6.07, 6.45) is 3.78. The van der Waals surface area contributed by atoms with Crippen LogP contribution >= 0.6 is 23.4 Å². The fraction of sp³-hybridized carbons (Fsp3) is 0.571. The summed E-state index contributed by atoms with van der Waals surface area (Å²) in [7, 11) is 0. The molecule has 0 saturated carbocycles. The molecule has 0 bridgehead atoms. The van der Waals surface area contributed by atoms with E-state index >= 15 is 0 Å². The maximum absolute atomic E-state index is 6.10. The molecule has 1 nitrogen and oxygen atoms in total. The average molecular weight is 272 g/mol. The van der Waals surface area contributed by atoms with Crippen molar-refractivity contribution >= 4 is 23.4 Å². The fourth-order valence-corrected chi connectivity index (χ4v) is 2.86. The molecule has 1 rings (SSSR count). The van der Waals surface area contributed by atoms with Gasteiger partial charge in [-0.3, -0.25) is 0 Å². The number of hydrogen-bond acceptors (Lipinski definition) is 2. The molecule has 0 aliphatic rings. The van der Waals surface area contributed by atoms with Crippen LogP contribution in [0, 0.1) is 0 Å². The van der Waals surface area contributed by atoms with Crippen LogP contribution in [-0.4, -0.2) is 18.8 Å². The molecular weight excluding hydrogens is 250 g/mol. The van der Waals surface area contributed by atoms with Crippen molar-refractivity contribution in [3.05, 3.63) is 34.9 Å². The maximum atomic E-state index is 6.10. The highest BCUT2D eigenvalue weighted by molar-refractivity contribution is 7.98. The minimum atomic E-state index is 0.893. The topological polar surface area (TPSA) is 12.0 Å². The van der Waals surface area contributed by atoms with Crippen molar-refractivity contribution in [3.63, 3.8) is 0 Å². The Bertz CT molecular complexity index is 304. The van der Waals surface area contributed by atoms with Gasteiger partial charge in [-0.2, -0.15) is 11.8 Å². The van der Waals surface area contributed by atoms with Crippen molar-refractivity contribution in [1.29, 1.82) is 0 Å². The molecule has 0 heterocycles. The van der Waals surface area contributed by atoms with E-state index in [0.29, 0.717) is 0 Å². The largest absolute Gasteiger partial charge is 0.317 e. The van der Waals surface area contributed by atoms with Crippen molar-refractivity contribution in [2.75, 3.05) is 18.8 Å². The highest BCUT2D eigenvalue weighted by Crippen LogP contribution is 2.21. The van der Waals surface area contributed by atoms with Crippen molar-refractivity contribution in [2.24, 2.45) is 0 Å². The number of hydrogen-bond donors (Lipinski definition) is 1. The van der Waals surface area contributed by atoms with Crippen LogP contribution in [0.5, 0.6) is 0 Å². The highest BCUT2D eigenvalue weighted by atomic mass is 35.5. The molecule has 0 atom stereocenters. The third-order valence-corrected chi connectivity index (χ3v) is 4.00. The molecule has 0 aliphatic heterocycles. The summed E-state index contributed by atoms with van der Waals surface area (Å²) in [5, 5.41) is 4.32. The van der Waals surface area contributed by atoms with Gasteiger partial charge in [0.25, 0.3) is 0 Å². The van der Waals surface area contributed by atoms with Gasteiger partial charge in [-0.1, -0.05) is 36.7 Å². The first-order chi connectivity index (χ1) is 8.34. The zero-order chi connectivity index (χ0) is 12.3. The molecule has 96 valence electrons. The van der Waals surface area contributed by atoms with Gasteiger partial charge >= 0.3 is 0 Å². The molecule has 0 amide bonds. The number of nitrogens with one attached hydrogen (secondary N) is 1. The van der Waals surface area contributed by atoms with Crippen LogP contribution in [0.25, 0.3) is 0 Å². The summed E-state index contributed by atoms with van der Waals surface area (Å²) in [6.45, 7) is 4.50. The van der Waals surface area contributed by atoms with Gasteiger partial charge in [0.2, 0.25) is 0 Å². The van der Waals surface area contributed by atoms with Crippen LogP contribution in [0.15, 0.2) is 24.3 Å². The van der Waals surface area contributed by atoms with Crippen LogP contribution in [0.2, 0.25) is 5.02 Å². The first-order valence-electron chi connectivity index (χ1n) is 6.36. The van der Waals surface area contributed by atoms with Crippen LogP contribution in [-0.2, 0) is 5.75 Å². The maximum Gasteiger partial charge on any atom is 0.0446 e. The Kier molecular flexibility index (Phi) is 8.59. The summed E-state index contributed by atoms with van der Waals surface area (Å²) in [5.41, 5.74) is 1.25. The number of benzene rings is 1. The van der Waals surface area contributed by atoms with Crippen LogP contribution in [0.4, 0.5) is 0 Å². The third kappa shape index (κ3) is 6.97. The minimum absolute atomic E-state index is 0.893. The Morgan fingerprint density at radius 1 is 1.18 bits per heavy atom. The van der Waals surface area contributed by atoms with E-state index in [4.69, 9.17) is 11.6 Å². The van der Waals surface area contributed by atoms with E-state index in [2.05, 4.69) is 24.4 Å². The first-order valence-corrected chi connectivity index (χ1v) is 7.89. The van der Waals surface area contributed by atoms with Gasteiger partial charge in [-0.05, 0) is 49.7 Å². The van der Waals surface area contributed by atoms with Crippen molar-refractivity contribution < 1.29 is 0 Å². The molecule has 3 heteroatoms. The molecule has 1 aromatic rings. The quantitative estimate of drug-likeness (QED) is 0.670. The molecule has 0 unspecified atom stereocenters. The summed E-state index contributed by atoms with van der Waals surface area (Å²) >= 11 is 8.07. The lowest BCUT2D eigenvalue weighted by Gasteiger charge is -2.05. The van der Waals surface area contributed by atoms with Crippen molar-refractivity contribution in [3.8, 4) is 0 Å². The summed E-state index contributed by atoms with van der Waals surface area (Å²) < 4.78 is 0. The van der Waals surface area contributed by atoms with E-state index in [1.165, 1.54) is 30.6 Å². The zero-order valence-corrected chi connectivity index (χ0v) is 12.1. The Hall–Kier alpha value is -0.180. The van der Waals surface area contributed by atoms with Gasteiger partial charge in [-0.15, -0.1) is 0 Å². The molecule has 0 spiro atoms. The molecule has 0 saturated heterocycles. The Balaban J connectivity index is 1.99. The lowest BCUT2D eigenvalue weighted by Crippen LogP contribution is -2.15. The second kappa shape index (κ2) is 9.81. The molecule has 17 heavy (non-hydrogen) atoms. The fourth-order valence-electron chi connectivity index (χ4n) is 1.55. The van der Waals surface area contributed by atoms with E-state index in [-0.39, 0.29) is 0 Å². The molecule has 1 aromatic carbocycles. The summed E-state index contributed by atoms with van der Waals surface area (Å²) in [6, 6.07) is 8.11. The molecule has 0 fully saturated rings. The highest BCUT2D eigenvalue weighted by Gasteiger charge is 1.98. The molecule has 0 aromatic heterocycles. The van der Waals surface area contributed by atoms with Crippen molar-refractivity contribution in [2.45, 2.75) is 31.9 Å². The van der Waals surface area contributed by atoms with Crippen LogP contribution < -0.4 is 5.32 Å². The van der Waals surface area contributed by atoms with Gasteiger partial charge in [0, 0.05) is 10.8 Å². The lowest BCUT2D eigenvalue weighted by atomic mass is 10.2. The lowest BCUT2D eigenvalue weighted by molar-refractivity contribution is 0.635. The van der Waals surface area contributed by atoms with E-state index < -0.39 is 0 Å². The third-order valence-electron chi connectivity index (χ3n) is 2.53. The Morgan fingerprint density at radius 2 is 2.00 bits per heavy atom. The van der Waals surface area contributed by atoms with Gasteiger partial charge in [0.05, 0.1) is 0 Å². The second-order valence-corrected chi connectivity index (χ2v) is 5.61. The smallest absolute Gasteiger partial charge is 0.0446 e. The molecule has 1 N–H and O–H groups in total. The van der Waals surface area contributed by atoms with E-state index in [1.54, 1.807) is 0 Å². The average Bonchev–Trinajstić information content (AvgIpc) is 2.35. The second-order valence-electron chi connectivity index (χ2n) is 4.10. The normalized spacial score (nSPS) is 10.7. The SMILES string of the molecule is CCCNCCCCSCc1ccccc1Cl. The number of thioether (sulfide) groups is 1. The monoisotopic (exact) mass is 271 g/mol. The van der Waals surface area contributed by atoms with Gasteiger partial charge < -0.3 is 5.32 Å². The number of rotatable bonds is 9. The predicted molar refractivity (Wildman–Crippen MR) is 80.0 cm³/mol. The van der Waals surface area contributed by atoms with Gasteiger partial charge in [-0.25, -0.2) is 0 Å². The minimum Gasteiger partial charge on any atom is -0.317 e. The molecular formula is C14H22ClNS. The van der Waals surface area contributed by atoms with Gasteiger partial charge in [0.15, 0.2) is 0 Å². The molecule has 0 aliphatic carbocycles.